The molecule has 6 nitrogen and oxygen atoms in total. The SMILES string of the molecule is CC(C)(C)OC(=O)N1CCC2(CC1)CC(=O)c1c(C#N)cccc1O2. The largest absolute Gasteiger partial charge is 0.486 e. The Kier molecular flexibility index (Phi) is 4.19. The van der Waals surface area contributed by atoms with Gasteiger partial charge in [0.2, 0.25) is 0 Å². The molecule has 1 spiro atoms. The predicted octanol–water partition coefficient (Wildman–Crippen LogP) is 3.29. The number of piperidine rings is 1. The lowest BCUT2D eigenvalue weighted by Gasteiger charge is -2.44. The Morgan fingerprint density at radius 1 is 1.32 bits per heavy atom. The van der Waals surface area contributed by atoms with Crippen LogP contribution in [0.2, 0.25) is 0 Å². The molecule has 0 radical (unpaired) electrons. The second-order valence-electron chi connectivity index (χ2n) is 7.64. The van der Waals surface area contributed by atoms with Crippen molar-refractivity contribution in [3.63, 3.8) is 0 Å². The second kappa shape index (κ2) is 6.07. The third-order valence-corrected chi connectivity index (χ3v) is 4.56. The highest BCUT2D eigenvalue weighted by atomic mass is 16.6. The topological polar surface area (TPSA) is 79.6 Å². The lowest BCUT2D eigenvalue weighted by molar-refractivity contribution is -0.0226. The molecule has 1 aromatic rings. The maximum absolute atomic E-state index is 12.6. The van der Waals surface area contributed by atoms with Crippen LogP contribution in [0.1, 0.15) is 56.0 Å². The van der Waals surface area contributed by atoms with E-state index in [4.69, 9.17) is 9.47 Å². The Balaban J connectivity index is 1.73. The fraction of sp³-hybridized carbons (Fsp3) is 0.526. The van der Waals surface area contributed by atoms with Gasteiger partial charge < -0.3 is 14.4 Å². The number of fused-ring (bicyclic) bond motifs is 1. The third kappa shape index (κ3) is 3.46. The summed E-state index contributed by atoms with van der Waals surface area (Å²) >= 11 is 0. The van der Waals surface area contributed by atoms with E-state index < -0.39 is 11.2 Å². The zero-order chi connectivity index (χ0) is 18.2. The van der Waals surface area contributed by atoms with Gasteiger partial charge in [-0.1, -0.05) is 6.07 Å². The van der Waals surface area contributed by atoms with Crippen LogP contribution in [0.3, 0.4) is 0 Å². The molecular formula is C19H22N2O4. The molecule has 0 N–H and O–H groups in total. The van der Waals surface area contributed by atoms with Gasteiger partial charge in [-0.05, 0) is 32.9 Å². The zero-order valence-corrected chi connectivity index (χ0v) is 14.8. The van der Waals surface area contributed by atoms with Crippen molar-refractivity contribution in [1.29, 1.82) is 5.26 Å². The number of hydrogen-bond acceptors (Lipinski definition) is 5. The van der Waals surface area contributed by atoms with E-state index in [2.05, 4.69) is 6.07 Å². The van der Waals surface area contributed by atoms with Gasteiger partial charge in [0.15, 0.2) is 5.78 Å². The summed E-state index contributed by atoms with van der Waals surface area (Å²) in [6.45, 7) is 6.47. The van der Waals surface area contributed by atoms with Crippen LogP contribution in [0.4, 0.5) is 4.79 Å². The van der Waals surface area contributed by atoms with Crippen molar-refractivity contribution in [2.24, 2.45) is 0 Å². The number of rotatable bonds is 0. The van der Waals surface area contributed by atoms with E-state index in [-0.39, 0.29) is 18.3 Å². The number of nitrogens with zero attached hydrogens (tertiary/aromatic N) is 2. The number of benzene rings is 1. The molecule has 2 aliphatic heterocycles. The van der Waals surface area contributed by atoms with Crippen molar-refractivity contribution in [1.82, 2.24) is 4.90 Å². The first-order chi connectivity index (χ1) is 11.7. The summed E-state index contributed by atoms with van der Waals surface area (Å²) in [4.78, 5) is 26.5. The predicted molar refractivity (Wildman–Crippen MR) is 90.5 cm³/mol. The summed E-state index contributed by atoms with van der Waals surface area (Å²) in [6, 6.07) is 7.13. The van der Waals surface area contributed by atoms with E-state index in [0.717, 1.165) is 0 Å². The minimum atomic E-state index is -0.601. The summed E-state index contributed by atoms with van der Waals surface area (Å²) in [7, 11) is 0. The number of likely N-dealkylation sites (tertiary alicyclic amines) is 1. The molecule has 2 aliphatic rings. The monoisotopic (exact) mass is 342 g/mol. The standard InChI is InChI=1S/C19H22N2O4/c1-18(2,3)25-17(23)21-9-7-19(8-10-21)11-14(22)16-13(12-20)5-4-6-15(16)24-19/h4-6H,7-11H2,1-3H3. The lowest BCUT2D eigenvalue weighted by Crippen LogP contribution is -2.53. The number of hydrogen-bond donors (Lipinski definition) is 0. The van der Waals surface area contributed by atoms with Crippen molar-refractivity contribution in [3.8, 4) is 11.8 Å². The van der Waals surface area contributed by atoms with Crippen LogP contribution in [0.15, 0.2) is 18.2 Å². The lowest BCUT2D eigenvalue weighted by atomic mass is 9.81. The van der Waals surface area contributed by atoms with Crippen LogP contribution in [0.5, 0.6) is 5.75 Å². The summed E-state index contributed by atoms with van der Waals surface area (Å²) in [6.07, 6.45) is 1.03. The average molecular weight is 342 g/mol. The number of Topliss-reactive ketones (excluding diaryl/α,β-unsaturated/α-hetero) is 1. The van der Waals surface area contributed by atoms with E-state index >= 15 is 0 Å². The summed E-state index contributed by atoms with van der Waals surface area (Å²) < 4.78 is 11.6. The molecule has 1 amide bonds. The molecule has 0 aliphatic carbocycles. The molecule has 0 unspecified atom stereocenters. The summed E-state index contributed by atoms with van der Waals surface area (Å²) in [5.74, 6) is 0.408. The number of ether oxygens (including phenoxy) is 2. The van der Waals surface area contributed by atoms with Crippen molar-refractivity contribution in [2.75, 3.05) is 13.1 Å². The van der Waals surface area contributed by atoms with Crippen molar-refractivity contribution < 1.29 is 19.1 Å². The Morgan fingerprint density at radius 3 is 2.60 bits per heavy atom. The highest BCUT2D eigenvalue weighted by Crippen LogP contribution is 2.40. The molecule has 1 fully saturated rings. The van der Waals surface area contributed by atoms with Gasteiger partial charge in [-0.15, -0.1) is 0 Å². The highest BCUT2D eigenvalue weighted by molar-refractivity contribution is 6.02. The quantitative estimate of drug-likeness (QED) is 0.723. The van der Waals surface area contributed by atoms with Crippen LogP contribution in [-0.2, 0) is 4.74 Å². The van der Waals surface area contributed by atoms with E-state index in [9.17, 15) is 14.9 Å². The zero-order valence-electron chi connectivity index (χ0n) is 14.8. The van der Waals surface area contributed by atoms with Crippen LogP contribution in [0, 0.1) is 11.3 Å². The smallest absolute Gasteiger partial charge is 0.410 e. The Morgan fingerprint density at radius 2 is 2.00 bits per heavy atom. The molecule has 132 valence electrons. The minimum absolute atomic E-state index is 0.0656. The van der Waals surface area contributed by atoms with E-state index in [0.29, 0.717) is 42.8 Å². The summed E-state index contributed by atoms with van der Waals surface area (Å²) in [5, 5.41) is 9.19. The molecule has 0 saturated carbocycles. The molecule has 1 saturated heterocycles. The molecule has 0 bridgehead atoms. The van der Waals surface area contributed by atoms with Crippen LogP contribution in [0.25, 0.3) is 0 Å². The maximum atomic E-state index is 12.6. The van der Waals surface area contributed by atoms with Gasteiger partial charge in [0.1, 0.15) is 23.0 Å². The molecule has 6 heteroatoms. The highest BCUT2D eigenvalue weighted by Gasteiger charge is 2.44. The van der Waals surface area contributed by atoms with Gasteiger partial charge >= 0.3 is 6.09 Å². The Hall–Kier alpha value is -2.55. The number of carbonyl (C=O) groups excluding carboxylic acids is 2. The van der Waals surface area contributed by atoms with E-state index in [1.807, 2.05) is 20.8 Å². The van der Waals surface area contributed by atoms with Gasteiger partial charge in [0.25, 0.3) is 0 Å². The molecule has 0 aromatic heterocycles. The fourth-order valence-electron chi connectivity index (χ4n) is 3.35. The van der Waals surface area contributed by atoms with E-state index in [1.165, 1.54) is 0 Å². The van der Waals surface area contributed by atoms with Gasteiger partial charge in [0.05, 0.1) is 17.5 Å². The molecule has 3 rings (SSSR count). The van der Waals surface area contributed by atoms with Gasteiger partial charge in [-0.3, -0.25) is 4.79 Å². The number of carbonyl (C=O) groups is 2. The van der Waals surface area contributed by atoms with Crippen molar-refractivity contribution in [3.05, 3.63) is 29.3 Å². The van der Waals surface area contributed by atoms with Crippen LogP contribution >= 0.6 is 0 Å². The first-order valence-corrected chi connectivity index (χ1v) is 8.46. The van der Waals surface area contributed by atoms with Crippen molar-refractivity contribution >= 4 is 11.9 Å². The van der Waals surface area contributed by atoms with E-state index in [1.54, 1.807) is 23.1 Å². The first-order valence-electron chi connectivity index (χ1n) is 8.46. The summed E-state index contributed by atoms with van der Waals surface area (Å²) in [5.41, 5.74) is -0.402. The molecule has 2 heterocycles. The molecule has 25 heavy (non-hydrogen) atoms. The van der Waals surface area contributed by atoms with Gasteiger partial charge in [-0.2, -0.15) is 5.26 Å². The van der Waals surface area contributed by atoms with Gasteiger partial charge in [0, 0.05) is 25.9 Å². The number of amides is 1. The maximum Gasteiger partial charge on any atom is 0.410 e. The average Bonchev–Trinajstić information content (AvgIpc) is 2.53. The third-order valence-electron chi connectivity index (χ3n) is 4.56. The molecule has 1 aromatic carbocycles. The molecule has 0 atom stereocenters. The van der Waals surface area contributed by atoms with Gasteiger partial charge in [-0.25, -0.2) is 4.79 Å². The van der Waals surface area contributed by atoms with Crippen LogP contribution < -0.4 is 4.74 Å². The fourth-order valence-corrected chi connectivity index (χ4v) is 3.35. The van der Waals surface area contributed by atoms with Crippen molar-refractivity contribution in [2.45, 2.75) is 51.2 Å². The number of nitriles is 1. The van der Waals surface area contributed by atoms with Crippen LogP contribution in [-0.4, -0.2) is 41.1 Å². The molecular weight excluding hydrogens is 320 g/mol. The normalized spacial score (nSPS) is 19.0. The minimum Gasteiger partial charge on any atom is -0.486 e. The second-order valence-corrected chi connectivity index (χ2v) is 7.64. The Labute approximate surface area is 147 Å². The number of ketones is 1. The first kappa shape index (κ1) is 17.3. The Bertz CT molecular complexity index is 750.